The van der Waals surface area contributed by atoms with Crippen LogP contribution in [0.1, 0.15) is 11.3 Å². The van der Waals surface area contributed by atoms with Crippen LogP contribution in [0, 0.1) is 11.5 Å². The molecule has 90 valence electrons. The summed E-state index contributed by atoms with van der Waals surface area (Å²) in [6.07, 6.45) is 0.877. The molecule has 17 heavy (non-hydrogen) atoms. The van der Waals surface area contributed by atoms with Gasteiger partial charge in [0.25, 0.3) is 0 Å². The Bertz CT molecular complexity index is 452. The minimum absolute atomic E-state index is 0.0943. The molecule has 0 aromatic carbocycles. The molecule has 5 heteroatoms. The lowest BCUT2D eigenvalue weighted by molar-refractivity contribution is 0.149. The molecular weight excluding hydrogens is 232 g/mol. The fourth-order valence-corrected chi connectivity index (χ4v) is 1.51. The van der Waals surface area contributed by atoms with Gasteiger partial charge in [0.15, 0.2) is 0 Å². The number of rotatable bonds is 2. The molecule has 0 fully saturated rings. The number of nitrogens with zero attached hydrogens (tertiary/aromatic N) is 1. The second kappa shape index (κ2) is 5.50. The maximum atomic E-state index is 10.4. The molecule has 0 saturated heterocycles. The molecule has 1 heterocycles. The third-order valence-corrected chi connectivity index (χ3v) is 2.64. The van der Waals surface area contributed by atoms with Crippen LogP contribution in [0.15, 0.2) is 18.3 Å². The molecule has 0 bridgehead atoms. The Morgan fingerprint density at radius 3 is 2.65 bits per heavy atom. The van der Waals surface area contributed by atoms with E-state index in [1.54, 1.807) is 12.3 Å². The predicted molar refractivity (Wildman–Crippen MR) is 68.8 cm³/mol. The number of hydrogen-bond donors (Lipinski definition) is 1. The third-order valence-electron chi connectivity index (χ3n) is 1.77. The van der Waals surface area contributed by atoms with Crippen molar-refractivity contribution in [2.24, 2.45) is 5.73 Å². The average molecular weight is 248 g/mol. The van der Waals surface area contributed by atoms with E-state index in [0.29, 0.717) is 5.69 Å². The van der Waals surface area contributed by atoms with Gasteiger partial charge in [0.1, 0.15) is 14.7 Å². The van der Waals surface area contributed by atoms with Crippen LogP contribution in [-0.2, 0) is 11.3 Å². The van der Waals surface area contributed by atoms with Crippen molar-refractivity contribution < 1.29 is 9.53 Å². The largest absolute Gasteiger partial charge is 0.443 e. The first-order valence-electron chi connectivity index (χ1n) is 5.27. The maximum Gasteiger partial charge on any atom is 0.404 e. The zero-order chi connectivity index (χ0) is 12.9. The van der Waals surface area contributed by atoms with Gasteiger partial charge in [-0.3, -0.25) is 4.98 Å². The number of amides is 1. The van der Waals surface area contributed by atoms with Gasteiger partial charge in [-0.1, -0.05) is 25.6 Å². The number of pyridine rings is 1. The van der Waals surface area contributed by atoms with Gasteiger partial charge >= 0.3 is 6.09 Å². The van der Waals surface area contributed by atoms with E-state index >= 15 is 0 Å². The minimum atomic E-state index is -1.36. The van der Waals surface area contributed by atoms with Crippen LogP contribution in [0.25, 0.3) is 0 Å². The van der Waals surface area contributed by atoms with Crippen LogP contribution in [0.4, 0.5) is 4.79 Å². The molecular formula is C12H16N2O2Si. The highest BCUT2D eigenvalue weighted by Gasteiger charge is 2.07. The monoisotopic (exact) mass is 248 g/mol. The summed E-state index contributed by atoms with van der Waals surface area (Å²) >= 11 is 0. The molecule has 0 unspecified atom stereocenters. The summed E-state index contributed by atoms with van der Waals surface area (Å²) in [7, 11) is -1.36. The molecule has 0 aliphatic heterocycles. The summed E-state index contributed by atoms with van der Waals surface area (Å²) in [6, 6.07) is 3.64. The van der Waals surface area contributed by atoms with Gasteiger partial charge < -0.3 is 10.5 Å². The number of carbonyl (C=O) groups excluding carboxylic acids is 1. The van der Waals surface area contributed by atoms with Crippen molar-refractivity contribution in [3.63, 3.8) is 0 Å². The molecule has 0 aliphatic carbocycles. The summed E-state index contributed by atoms with van der Waals surface area (Å²) in [5.41, 5.74) is 9.64. The van der Waals surface area contributed by atoms with Gasteiger partial charge in [-0.2, -0.15) is 0 Å². The van der Waals surface area contributed by atoms with Gasteiger partial charge in [0, 0.05) is 11.8 Å². The molecule has 1 rings (SSSR count). The fourth-order valence-electron chi connectivity index (χ4n) is 0.989. The lowest BCUT2D eigenvalue weighted by Crippen LogP contribution is -2.16. The summed E-state index contributed by atoms with van der Waals surface area (Å²) in [5, 5.41) is 0. The first kappa shape index (κ1) is 13.3. The summed E-state index contributed by atoms with van der Waals surface area (Å²) in [5.74, 6) is 3.09. The van der Waals surface area contributed by atoms with Gasteiger partial charge in [0.05, 0.1) is 5.69 Å². The average Bonchev–Trinajstić information content (AvgIpc) is 2.24. The van der Waals surface area contributed by atoms with Crippen molar-refractivity contribution >= 4 is 14.2 Å². The summed E-state index contributed by atoms with van der Waals surface area (Å²) in [6.45, 7) is 6.64. The molecule has 0 saturated carbocycles. The molecule has 0 atom stereocenters. The zero-order valence-corrected chi connectivity index (χ0v) is 11.3. The number of ether oxygens (including phenoxy) is 1. The van der Waals surface area contributed by atoms with Crippen LogP contribution in [0.2, 0.25) is 19.6 Å². The van der Waals surface area contributed by atoms with E-state index in [1.165, 1.54) is 0 Å². The Balaban J connectivity index is 2.67. The number of carbonyl (C=O) groups is 1. The molecule has 4 nitrogen and oxygen atoms in total. The van der Waals surface area contributed by atoms with E-state index in [2.05, 4.69) is 40.8 Å². The molecule has 1 aromatic heterocycles. The van der Waals surface area contributed by atoms with E-state index in [-0.39, 0.29) is 6.61 Å². The summed E-state index contributed by atoms with van der Waals surface area (Å²) < 4.78 is 4.63. The Morgan fingerprint density at radius 1 is 1.47 bits per heavy atom. The highest BCUT2D eigenvalue weighted by Crippen LogP contribution is 2.02. The number of nitrogens with two attached hydrogens (primary N) is 1. The van der Waals surface area contributed by atoms with Gasteiger partial charge in [-0.05, 0) is 12.1 Å². The van der Waals surface area contributed by atoms with E-state index in [4.69, 9.17) is 5.73 Å². The Kier molecular flexibility index (Phi) is 4.29. The topological polar surface area (TPSA) is 65.2 Å². The van der Waals surface area contributed by atoms with Crippen molar-refractivity contribution in [2.45, 2.75) is 26.2 Å². The molecule has 0 radical (unpaired) electrons. The van der Waals surface area contributed by atoms with Crippen LogP contribution in [0.3, 0.4) is 0 Å². The fraction of sp³-hybridized carbons (Fsp3) is 0.333. The normalized spacial score (nSPS) is 10.3. The van der Waals surface area contributed by atoms with E-state index in [9.17, 15) is 4.79 Å². The SMILES string of the molecule is C[Si](C)(C)C#Cc1ccc(COC(N)=O)nc1. The predicted octanol–water partition coefficient (Wildman–Crippen LogP) is 1.91. The van der Waals surface area contributed by atoms with E-state index < -0.39 is 14.2 Å². The second-order valence-electron chi connectivity index (χ2n) is 4.65. The molecule has 2 N–H and O–H groups in total. The third kappa shape index (κ3) is 5.73. The first-order chi connectivity index (χ1) is 7.87. The zero-order valence-electron chi connectivity index (χ0n) is 10.3. The van der Waals surface area contributed by atoms with Crippen LogP contribution < -0.4 is 5.73 Å². The van der Waals surface area contributed by atoms with Gasteiger partial charge in [0.2, 0.25) is 0 Å². The number of primary amides is 1. The highest BCUT2D eigenvalue weighted by atomic mass is 28.3. The second-order valence-corrected chi connectivity index (χ2v) is 9.40. The molecule has 1 aromatic rings. The maximum absolute atomic E-state index is 10.4. The molecule has 0 aliphatic rings. The van der Waals surface area contributed by atoms with Crippen LogP contribution in [-0.4, -0.2) is 19.2 Å². The van der Waals surface area contributed by atoms with Gasteiger partial charge in [-0.15, -0.1) is 5.54 Å². The van der Waals surface area contributed by atoms with Gasteiger partial charge in [-0.25, -0.2) is 4.79 Å². The van der Waals surface area contributed by atoms with Crippen molar-refractivity contribution in [1.29, 1.82) is 0 Å². The lowest BCUT2D eigenvalue weighted by atomic mass is 10.2. The molecule has 0 spiro atoms. The van der Waals surface area contributed by atoms with E-state index in [0.717, 1.165) is 5.56 Å². The van der Waals surface area contributed by atoms with Crippen molar-refractivity contribution in [3.05, 3.63) is 29.6 Å². The Hall–Kier alpha value is -1.80. The molecule has 1 amide bonds. The van der Waals surface area contributed by atoms with Crippen molar-refractivity contribution in [2.75, 3.05) is 0 Å². The minimum Gasteiger partial charge on any atom is -0.443 e. The van der Waals surface area contributed by atoms with Crippen LogP contribution >= 0.6 is 0 Å². The van der Waals surface area contributed by atoms with E-state index in [1.807, 2.05) is 6.07 Å². The summed E-state index contributed by atoms with van der Waals surface area (Å²) in [4.78, 5) is 14.5. The smallest absolute Gasteiger partial charge is 0.404 e. The lowest BCUT2D eigenvalue weighted by Gasteiger charge is -2.03. The Labute approximate surface area is 102 Å². The Morgan fingerprint density at radius 2 is 2.18 bits per heavy atom. The standard InChI is InChI=1S/C12H16N2O2Si/c1-17(2,3)7-6-10-4-5-11(14-8-10)9-16-12(13)15/h4-5,8H,9H2,1-3H3,(H2,13,15). The first-order valence-corrected chi connectivity index (χ1v) is 8.77. The number of hydrogen-bond acceptors (Lipinski definition) is 3. The highest BCUT2D eigenvalue weighted by molar-refractivity contribution is 6.83. The van der Waals surface area contributed by atoms with Crippen molar-refractivity contribution in [3.8, 4) is 11.5 Å². The van der Waals surface area contributed by atoms with Crippen molar-refractivity contribution in [1.82, 2.24) is 4.98 Å². The quantitative estimate of drug-likeness (QED) is 0.642. The number of aromatic nitrogens is 1. The van der Waals surface area contributed by atoms with Crippen LogP contribution in [0.5, 0.6) is 0 Å².